The molecule has 1 atom stereocenters. The lowest BCUT2D eigenvalue weighted by molar-refractivity contribution is -0.123. The lowest BCUT2D eigenvalue weighted by atomic mass is 10.1. The summed E-state index contributed by atoms with van der Waals surface area (Å²) in [6.07, 6.45) is 0.0217. The Kier molecular flexibility index (Phi) is 2.54. The molecule has 1 aromatic rings. The lowest BCUT2D eigenvalue weighted by Gasteiger charge is -2.14. The molecule has 2 heterocycles. The first-order chi connectivity index (χ1) is 7.97. The van der Waals surface area contributed by atoms with Gasteiger partial charge in [-0.05, 0) is 0 Å². The molecular weight excluding hydrogens is 226 g/mol. The molecule has 90 valence electrons. The molecule has 8 nitrogen and oxygen atoms in total. The van der Waals surface area contributed by atoms with Gasteiger partial charge in [0, 0.05) is 19.0 Å². The normalized spacial score (nSPS) is 19.6. The maximum atomic E-state index is 11.6. The summed E-state index contributed by atoms with van der Waals surface area (Å²) in [5.74, 6) is -1.37. The number of rotatable bonds is 2. The molecular formula is C9H11N5O3. The zero-order valence-electron chi connectivity index (χ0n) is 8.84. The van der Waals surface area contributed by atoms with E-state index in [4.69, 9.17) is 11.5 Å². The fourth-order valence-corrected chi connectivity index (χ4v) is 1.69. The molecule has 1 fully saturated rings. The van der Waals surface area contributed by atoms with Crippen molar-refractivity contribution in [1.82, 2.24) is 9.97 Å². The van der Waals surface area contributed by atoms with Gasteiger partial charge in [-0.25, -0.2) is 0 Å². The van der Waals surface area contributed by atoms with Crippen LogP contribution in [0.1, 0.15) is 6.42 Å². The second-order valence-corrected chi connectivity index (χ2v) is 3.80. The standard InChI is InChI=1S/C9H11N5O3/c10-5-2-6(15)13-9(12-5)14-3-4(8(11)17)1-7(14)16/h2,4H,1,3H2,(H2,11,17)(H3,10,12,13,15). The smallest absolute Gasteiger partial charge is 0.254 e. The minimum atomic E-state index is -0.561. The Morgan fingerprint density at radius 1 is 1.53 bits per heavy atom. The van der Waals surface area contributed by atoms with Gasteiger partial charge in [-0.3, -0.25) is 24.3 Å². The van der Waals surface area contributed by atoms with Crippen LogP contribution in [-0.2, 0) is 9.59 Å². The summed E-state index contributed by atoms with van der Waals surface area (Å²) < 4.78 is 0. The van der Waals surface area contributed by atoms with Crippen LogP contribution in [0.25, 0.3) is 0 Å². The van der Waals surface area contributed by atoms with Crippen molar-refractivity contribution in [2.75, 3.05) is 17.2 Å². The van der Waals surface area contributed by atoms with Crippen LogP contribution in [0.5, 0.6) is 0 Å². The van der Waals surface area contributed by atoms with Crippen molar-refractivity contribution in [2.24, 2.45) is 11.7 Å². The van der Waals surface area contributed by atoms with Gasteiger partial charge in [0.25, 0.3) is 5.56 Å². The molecule has 0 aliphatic carbocycles. The van der Waals surface area contributed by atoms with E-state index in [9.17, 15) is 14.4 Å². The van der Waals surface area contributed by atoms with Gasteiger partial charge in [-0.15, -0.1) is 0 Å². The Morgan fingerprint density at radius 2 is 2.24 bits per heavy atom. The maximum Gasteiger partial charge on any atom is 0.254 e. The molecule has 17 heavy (non-hydrogen) atoms. The number of carbonyl (C=O) groups excluding carboxylic acids is 2. The van der Waals surface area contributed by atoms with E-state index in [1.165, 1.54) is 4.90 Å². The molecule has 8 heteroatoms. The minimum Gasteiger partial charge on any atom is -0.383 e. The summed E-state index contributed by atoms with van der Waals surface area (Å²) in [5.41, 5.74) is 10.1. The summed E-state index contributed by atoms with van der Waals surface area (Å²) in [7, 11) is 0. The number of nitrogens with one attached hydrogen (secondary N) is 1. The number of aromatic nitrogens is 2. The number of nitrogen functional groups attached to an aromatic ring is 1. The van der Waals surface area contributed by atoms with Crippen LogP contribution in [0.4, 0.5) is 11.8 Å². The largest absolute Gasteiger partial charge is 0.383 e. The molecule has 1 unspecified atom stereocenters. The van der Waals surface area contributed by atoms with Crippen molar-refractivity contribution in [1.29, 1.82) is 0 Å². The summed E-state index contributed by atoms with van der Waals surface area (Å²) in [6.45, 7) is 0.112. The maximum absolute atomic E-state index is 11.6. The number of nitrogens with zero attached hydrogens (tertiary/aromatic N) is 2. The molecule has 0 aromatic carbocycles. The van der Waals surface area contributed by atoms with Crippen LogP contribution in [0, 0.1) is 5.92 Å². The topological polar surface area (TPSA) is 135 Å². The SMILES string of the molecule is NC(=O)C1CC(=O)N(c2nc(N)cc(=O)[nH]2)C1. The van der Waals surface area contributed by atoms with E-state index in [-0.39, 0.29) is 30.6 Å². The van der Waals surface area contributed by atoms with Crippen LogP contribution >= 0.6 is 0 Å². The number of H-pyrrole nitrogens is 1. The molecule has 5 N–H and O–H groups in total. The van der Waals surface area contributed by atoms with Crippen LogP contribution in [0.15, 0.2) is 10.9 Å². The highest BCUT2D eigenvalue weighted by atomic mass is 16.2. The van der Waals surface area contributed by atoms with E-state index in [1.807, 2.05) is 0 Å². The second-order valence-electron chi connectivity index (χ2n) is 3.80. The van der Waals surface area contributed by atoms with E-state index in [2.05, 4.69) is 9.97 Å². The highest BCUT2D eigenvalue weighted by Crippen LogP contribution is 2.21. The zero-order valence-corrected chi connectivity index (χ0v) is 8.84. The monoisotopic (exact) mass is 237 g/mol. The predicted octanol–water partition coefficient (Wildman–Crippen LogP) is -1.81. The van der Waals surface area contributed by atoms with Crippen molar-refractivity contribution >= 4 is 23.6 Å². The highest BCUT2D eigenvalue weighted by molar-refractivity contribution is 5.98. The molecule has 0 spiro atoms. The summed E-state index contributed by atoms with van der Waals surface area (Å²) in [6, 6.07) is 1.11. The molecule has 0 saturated carbocycles. The van der Waals surface area contributed by atoms with Crippen molar-refractivity contribution in [2.45, 2.75) is 6.42 Å². The summed E-state index contributed by atoms with van der Waals surface area (Å²) >= 11 is 0. The van der Waals surface area contributed by atoms with Crippen LogP contribution < -0.4 is 21.9 Å². The van der Waals surface area contributed by atoms with Gasteiger partial charge in [0.1, 0.15) is 5.82 Å². The quantitative estimate of drug-likeness (QED) is 0.557. The van der Waals surface area contributed by atoms with E-state index in [0.29, 0.717) is 0 Å². The van der Waals surface area contributed by atoms with Crippen LogP contribution in [-0.4, -0.2) is 28.3 Å². The van der Waals surface area contributed by atoms with Crippen molar-refractivity contribution in [3.63, 3.8) is 0 Å². The number of anilines is 2. The molecule has 2 amide bonds. The Balaban J connectivity index is 2.32. The average Bonchev–Trinajstić information content (AvgIpc) is 2.59. The molecule has 1 aliphatic heterocycles. The predicted molar refractivity (Wildman–Crippen MR) is 58.9 cm³/mol. The third kappa shape index (κ3) is 2.10. The highest BCUT2D eigenvalue weighted by Gasteiger charge is 2.35. The average molecular weight is 237 g/mol. The number of carbonyl (C=O) groups is 2. The van der Waals surface area contributed by atoms with Gasteiger partial charge in [0.15, 0.2) is 0 Å². The molecule has 1 saturated heterocycles. The minimum absolute atomic E-state index is 0.0130. The van der Waals surface area contributed by atoms with Crippen molar-refractivity contribution < 1.29 is 9.59 Å². The number of hydrogen-bond donors (Lipinski definition) is 3. The van der Waals surface area contributed by atoms with Gasteiger partial charge in [-0.1, -0.05) is 0 Å². The third-order valence-corrected chi connectivity index (χ3v) is 2.53. The van der Waals surface area contributed by atoms with Gasteiger partial charge >= 0.3 is 0 Å². The molecule has 0 radical (unpaired) electrons. The van der Waals surface area contributed by atoms with E-state index < -0.39 is 17.4 Å². The summed E-state index contributed by atoms with van der Waals surface area (Å²) in [5, 5.41) is 0. The molecule has 2 rings (SSSR count). The van der Waals surface area contributed by atoms with Gasteiger partial charge < -0.3 is 11.5 Å². The van der Waals surface area contributed by atoms with Gasteiger partial charge in [-0.2, -0.15) is 4.98 Å². The molecule has 1 aromatic heterocycles. The Bertz CT molecular complexity index is 538. The number of primary amides is 1. The Labute approximate surface area is 95.6 Å². The zero-order chi connectivity index (χ0) is 12.6. The number of nitrogens with two attached hydrogens (primary N) is 2. The fraction of sp³-hybridized carbons (Fsp3) is 0.333. The number of amides is 2. The van der Waals surface area contributed by atoms with Crippen molar-refractivity contribution in [3.05, 3.63) is 16.4 Å². The van der Waals surface area contributed by atoms with E-state index in [0.717, 1.165) is 6.07 Å². The van der Waals surface area contributed by atoms with Crippen LogP contribution in [0.3, 0.4) is 0 Å². The fourth-order valence-electron chi connectivity index (χ4n) is 1.69. The number of hydrogen-bond acceptors (Lipinski definition) is 5. The Morgan fingerprint density at radius 3 is 2.76 bits per heavy atom. The molecule has 1 aliphatic rings. The van der Waals surface area contributed by atoms with E-state index >= 15 is 0 Å². The van der Waals surface area contributed by atoms with E-state index in [1.54, 1.807) is 0 Å². The first-order valence-corrected chi connectivity index (χ1v) is 4.94. The first kappa shape index (κ1) is 11.1. The Hall–Kier alpha value is -2.38. The molecule has 0 bridgehead atoms. The van der Waals surface area contributed by atoms with Crippen molar-refractivity contribution in [3.8, 4) is 0 Å². The summed E-state index contributed by atoms with van der Waals surface area (Å²) in [4.78, 5) is 41.2. The van der Waals surface area contributed by atoms with Gasteiger partial charge in [0.05, 0.1) is 5.92 Å². The first-order valence-electron chi connectivity index (χ1n) is 4.94. The third-order valence-electron chi connectivity index (χ3n) is 2.53. The number of aromatic amines is 1. The lowest BCUT2D eigenvalue weighted by Crippen LogP contribution is -2.31. The second kappa shape index (κ2) is 3.89. The van der Waals surface area contributed by atoms with Crippen LogP contribution in [0.2, 0.25) is 0 Å². The van der Waals surface area contributed by atoms with Gasteiger partial charge in [0.2, 0.25) is 17.8 Å².